The number of allylic oxidation sites excluding steroid dienone is 1. The summed E-state index contributed by atoms with van der Waals surface area (Å²) in [6.45, 7) is 0. The molecule has 2 aromatic rings. The molecule has 0 aliphatic heterocycles. The van der Waals surface area contributed by atoms with Crippen LogP contribution in [0.15, 0.2) is 48.0 Å². The molecule has 2 nitrogen and oxygen atoms in total. The van der Waals surface area contributed by atoms with E-state index < -0.39 is 23.0 Å². The monoisotopic (exact) mass is 303 g/mol. The van der Waals surface area contributed by atoms with Crippen molar-refractivity contribution in [2.24, 2.45) is 0 Å². The van der Waals surface area contributed by atoms with Crippen molar-refractivity contribution in [1.29, 1.82) is 5.26 Å². The number of hydrogen-bond acceptors (Lipinski definition) is 2. The number of hydrogen-bond donors (Lipinski definition) is 0. The van der Waals surface area contributed by atoms with E-state index in [0.717, 1.165) is 18.2 Å². The number of rotatable bonds is 3. The Morgan fingerprint density at radius 1 is 1.10 bits per heavy atom. The highest BCUT2D eigenvalue weighted by Crippen LogP contribution is 2.23. The minimum absolute atomic E-state index is 0.0593. The molecule has 0 fully saturated rings. The van der Waals surface area contributed by atoms with Crippen LogP contribution >= 0.6 is 11.6 Å². The zero-order valence-electron chi connectivity index (χ0n) is 10.6. The Morgan fingerprint density at radius 2 is 1.76 bits per heavy atom. The van der Waals surface area contributed by atoms with Gasteiger partial charge >= 0.3 is 0 Å². The van der Waals surface area contributed by atoms with Gasteiger partial charge in [0.1, 0.15) is 23.3 Å². The number of carbonyl (C=O) groups is 1. The van der Waals surface area contributed by atoms with E-state index in [-0.39, 0.29) is 16.1 Å². The smallest absolute Gasteiger partial charge is 0.206 e. The van der Waals surface area contributed by atoms with E-state index >= 15 is 0 Å². The van der Waals surface area contributed by atoms with Crippen molar-refractivity contribution in [3.8, 4) is 6.07 Å². The third-order valence-electron chi connectivity index (χ3n) is 2.77. The van der Waals surface area contributed by atoms with Gasteiger partial charge in [0.25, 0.3) is 0 Å². The summed E-state index contributed by atoms with van der Waals surface area (Å²) in [6, 6.07) is 10.9. The van der Waals surface area contributed by atoms with E-state index in [2.05, 4.69) is 0 Å². The van der Waals surface area contributed by atoms with Gasteiger partial charge in [-0.15, -0.1) is 0 Å². The van der Waals surface area contributed by atoms with Gasteiger partial charge in [-0.25, -0.2) is 8.78 Å². The van der Waals surface area contributed by atoms with Crippen LogP contribution in [-0.2, 0) is 0 Å². The van der Waals surface area contributed by atoms with Crippen molar-refractivity contribution in [1.82, 2.24) is 0 Å². The van der Waals surface area contributed by atoms with Gasteiger partial charge < -0.3 is 0 Å². The van der Waals surface area contributed by atoms with Crippen LogP contribution in [0.5, 0.6) is 0 Å². The topological polar surface area (TPSA) is 40.9 Å². The maximum Gasteiger partial charge on any atom is 0.206 e. The average Bonchev–Trinajstić information content (AvgIpc) is 2.47. The fourth-order valence-corrected chi connectivity index (χ4v) is 1.95. The molecule has 0 aliphatic rings. The summed E-state index contributed by atoms with van der Waals surface area (Å²) < 4.78 is 27.2. The number of ketones is 1. The summed E-state index contributed by atoms with van der Waals surface area (Å²) in [4.78, 5) is 12.1. The van der Waals surface area contributed by atoms with Crippen LogP contribution in [-0.4, -0.2) is 5.78 Å². The zero-order chi connectivity index (χ0) is 15.4. The second kappa shape index (κ2) is 6.29. The molecule has 0 spiro atoms. The van der Waals surface area contributed by atoms with E-state index in [1.54, 1.807) is 6.07 Å². The first kappa shape index (κ1) is 14.9. The van der Waals surface area contributed by atoms with Gasteiger partial charge in [-0.1, -0.05) is 29.8 Å². The summed E-state index contributed by atoms with van der Waals surface area (Å²) in [5, 5.41) is 9.12. The highest BCUT2D eigenvalue weighted by molar-refractivity contribution is 6.32. The SMILES string of the molecule is N#C/C(=C\c1c(F)cccc1Cl)C(=O)c1ccccc1F. The van der Waals surface area contributed by atoms with E-state index in [0.29, 0.717) is 0 Å². The van der Waals surface area contributed by atoms with E-state index in [9.17, 15) is 13.6 Å². The molecule has 0 radical (unpaired) electrons. The van der Waals surface area contributed by atoms with Crippen LogP contribution in [0.3, 0.4) is 0 Å². The van der Waals surface area contributed by atoms with Gasteiger partial charge in [0.15, 0.2) is 0 Å². The van der Waals surface area contributed by atoms with Crippen molar-refractivity contribution >= 4 is 23.5 Å². The lowest BCUT2D eigenvalue weighted by molar-refractivity contribution is 0.103. The molecule has 104 valence electrons. The Hall–Kier alpha value is -2.51. The first-order valence-corrected chi connectivity index (χ1v) is 6.27. The largest absolute Gasteiger partial charge is 0.288 e. The molecule has 5 heteroatoms. The maximum atomic E-state index is 13.7. The predicted octanol–water partition coefficient (Wildman–Crippen LogP) is 4.41. The third kappa shape index (κ3) is 3.15. The highest BCUT2D eigenvalue weighted by atomic mass is 35.5. The van der Waals surface area contributed by atoms with Crippen LogP contribution in [0.25, 0.3) is 6.08 Å². The zero-order valence-corrected chi connectivity index (χ0v) is 11.4. The van der Waals surface area contributed by atoms with Gasteiger partial charge in [-0.3, -0.25) is 4.79 Å². The summed E-state index contributed by atoms with van der Waals surface area (Å²) in [6.07, 6.45) is 1.02. The van der Waals surface area contributed by atoms with Crippen LogP contribution in [0.4, 0.5) is 8.78 Å². The standard InChI is InChI=1S/C16H8ClF2NO/c17-13-5-3-7-15(19)12(13)8-10(9-20)16(21)11-4-1-2-6-14(11)18/h1-8H/b10-8+. The Bertz CT molecular complexity index is 758. The maximum absolute atomic E-state index is 13.7. The number of benzene rings is 2. The minimum Gasteiger partial charge on any atom is -0.288 e. The second-order valence-electron chi connectivity index (χ2n) is 4.11. The van der Waals surface area contributed by atoms with Gasteiger partial charge in [0.05, 0.1) is 10.6 Å². The van der Waals surface area contributed by atoms with Crippen LogP contribution in [0.1, 0.15) is 15.9 Å². The second-order valence-corrected chi connectivity index (χ2v) is 4.52. The minimum atomic E-state index is -0.824. The summed E-state index contributed by atoms with van der Waals surface area (Å²) in [7, 11) is 0. The van der Waals surface area contributed by atoms with Crippen molar-refractivity contribution in [3.05, 3.63) is 75.8 Å². The van der Waals surface area contributed by atoms with Crippen molar-refractivity contribution in [3.63, 3.8) is 0 Å². The van der Waals surface area contributed by atoms with Gasteiger partial charge in [-0.05, 0) is 30.3 Å². The number of carbonyl (C=O) groups excluding carboxylic acids is 1. The molecule has 0 heterocycles. The van der Waals surface area contributed by atoms with Gasteiger partial charge in [0.2, 0.25) is 5.78 Å². The van der Waals surface area contributed by atoms with Crippen LogP contribution < -0.4 is 0 Å². The molecule has 0 atom stereocenters. The Labute approximate surface area is 124 Å². The molecular weight excluding hydrogens is 296 g/mol. The predicted molar refractivity (Wildman–Crippen MR) is 75.7 cm³/mol. The normalized spacial score (nSPS) is 11.0. The number of halogens is 3. The lowest BCUT2D eigenvalue weighted by Gasteiger charge is -2.03. The summed E-state index contributed by atoms with van der Waals surface area (Å²) in [5.74, 6) is -2.24. The molecule has 0 amide bonds. The fourth-order valence-electron chi connectivity index (χ4n) is 1.73. The van der Waals surface area contributed by atoms with Gasteiger partial charge in [-0.2, -0.15) is 5.26 Å². The molecule has 2 rings (SSSR count). The van der Waals surface area contributed by atoms with Crippen molar-refractivity contribution < 1.29 is 13.6 Å². The first-order valence-electron chi connectivity index (χ1n) is 5.89. The Morgan fingerprint density at radius 3 is 2.38 bits per heavy atom. The fraction of sp³-hybridized carbons (Fsp3) is 0. The first-order chi connectivity index (χ1) is 10.0. The number of nitriles is 1. The molecule has 0 saturated carbocycles. The lowest BCUT2D eigenvalue weighted by Crippen LogP contribution is -2.05. The molecule has 2 aromatic carbocycles. The van der Waals surface area contributed by atoms with Crippen LogP contribution in [0.2, 0.25) is 5.02 Å². The molecule has 0 unspecified atom stereocenters. The molecule has 0 bridgehead atoms. The number of nitrogens with zero attached hydrogens (tertiary/aromatic N) is 1. The Kier molecular flexibility index (Phi) is 4.46. The molecule has 0 aromatic heterocycles. The van der Waals surface area contributed by atoms with E-state index in [1.807, 2.05) is 0 Å². The van der Waals surface area contributed by atoms with Crippen molar-refractivity contribution in [2.45, 2.75) is 0 Å². The summed E-state index contributed by atoms with van der Waals surface area (Å²) in [5.41, 5.74) is -0.731. The number of Topliss-reactive ketones (excluding diaryl/α,β-unsaturated/α-hetero) is 1. The highest BCUT2D eigenvalue weighted by Gasteiger charge is 2.17. The molecule has 0 saturated heterocycles. The van der Waals surface area contributed by atoms with E-state index in [4.69, 9.17) is 16.9 Å². The molecule has 0 N–H and O–H groups in total. The Balaban J connectivity index is 2.51. The van der Waals surface area contributed by atoms with E-state index in [1.165, 1.54) is 30.3 Å². The average molecular weight is 304 g/mol. The quantitative estimate of drug-likeness (QED) is 0.479. The molecular formula is C16H8ClF2NO. The molecule has 21 heavy (non-hydrogen) atoms. The third-order valence-corrected chi connectivity index (χ3v) is 3.10. The lowest BCUT2D eigenvalue weighted by atomic mass is 10.0. The van der Waals surface area contributed by atoms with Gasteiger partial charge in [0, 0.05) is 5.56 Å². The van der Waals surface area contributed by atoms with Crippen LogP contribution in [0, 0.1) is 23.0 Å². The van der Waals surface area contributed by atoms with Crippen molar-refractivity contribution in [2.75, 3.05) is 0 Å². The molecule has 0 aliphatic carbocycles. The summed E-state index contributed by atoms with van der Waals surface area (Å²) >= 11 is 5.83.